The van der Waals surface area contributed by atoms with Gasteiger partial charge in [0.05, 0.1) is 34.6 Å². The van der Waals surface area contributed by atoms with Crippen LogP contribution in [0.25, 0.3) is 16.8 Å². The number of carboxylic acids is 1. The van der Waals surface area contributed by atoms with Crippen molar-refractivity contribution in [1.29, 1.82) is 0 Å². The van der Waals surface area contributed by atoms with E-state index in [0.29, 0.717) is 41.0 Å². The molecule has 1 N–H and O–H groups in total. The number of aliphatic carboxylic acids is 1. The Bertz CT molecular complexity index is 1820. The number of carbonyl (C=O) groups excluding carboxylic acids is 1. The molecule has 5 rings (SSSR count). The lowest BCUT2D eigenvalue weighted by atomic mass is 10.0. The van der Waals surface area contributed by atoms with Crippen LogP contribution in [0.15, 0.2) is 77.6 Å². The maximum Gasteiger partial charge on any atom is 0.341 e. The first-order valence-electron chi connectivity index (χ1n) is 15.3. The Morgan fingerprint density at radius 1 is 1.04 bits per heavy atom. The second-order valence-electron chi connectivity index (χ2n) is 11.8. The summed E-state index contributed by atoms with van der Waals surface area (Å²) >= 11 is 8.25. The predicted molar refractivity (Wildman–Crippen MR) is 182 cm³/mol. The van der Waals surface area contributed by atoms with Crippen LogP contribution >= 0.6 is 22.9 Å². The van der Waals surface area contributed by atoms with Crippen LogP contribution < -0.4 is 9.47 Å². The molecule has 46 heavy (non-hydrogen) atoms. The van der Waals surface area contributed by atoms with E-state index in [2.05, 4.69) is 19.2 Å². The average molecular weight is 660 g/mol. The van der Waals surface area contributed by atoms with E-state index in [1.54, 1.807) is 34.4 Å². The minimum absolute atomic E-state index is 0.0189. The molecule has 0 unspecified atom stereocenters. The molecule has 1 amide bonds. The fourth-order valence-corrected chi connectivity index (χ4v) is 6.14. The highest BCUT2D eigenvalue weighted by molar-refractivity contribution is 7.08. The fraction of sp³-hybridized carbons (Fsp3) is 0.306. The molecular formula is C36H38ClN3O5S. The molecule has 2 aromatic carbocycles. The predicted octanol–water partition coefficient (Wildman–Crippen LogP) is 8.25. The molecule has 0 aliphatic carbocycles. The molecule has 3 aromatic heterocycles. The number of carboxylic acid groups (broad SMARTS) is 1. The van der Waals surface area contributed by atoms with E-state index in [9.17, 15) is 14.7 Å². The molecule has 8 nitrogen and oxygen atoms in total. The van der Waals surface area contributed by atoms with E-state index in [1.165, 1.54) is 0 Å². The summed E-state index contributed by atoms with van der Waals surface area (Å²) in [7, 11) is 0. The third-order valence-electron chi connectivity index (χ3n) is 7.48. The minimum Gasteiger partial charge on any atom is -0.491 e. The molecule has 0 saturated carbocycles. The second kappa shape index (κ2) is 14.8. The zero-order chi connectivity index (χ0) is 32.8. The molecule has 3 heterocycles. The second-order valence-corrected chi connectivity index (χ2v) is 13.0. The Hall–Kier alpha value is -4.34. The van der Waals surface area contributed by atoms with Crippen LogP contribution in [-0.2, 0) is 17.8 Å². The number of amides is 1. The lowest BCUT2D eigenvalue weighted by molar-refractivity contribution is -0.139. The van der Waals surface area contributed by atoms with Gasteiger partial charge in [0.2, 0.25) is 0 Å². The third kappa shape index (κ3) is 8.08. The number of aromatic nitrogens is 2. The Morgan fingerprint density at radius 2 is 1.87 bits per heavy atom. The smallest absolute Gasteiger partial charge is 0.341 e. The first kappa shape index (κ1) is 33.0. The number of ether oxygens (including phenoxy) is 2. The maximum atomic E-state index is 14.1. The first-order chi connectivity index (χ1) is 22.1. The van der Waals surface area contributed by atoms with Crippen molar-refractivity contribution in [1.82, 2.24) is 14.3 Å². The standard InChI is InChI=1S/C36H38ClN3O5S/c1-23(2)12-15-39(36(43)29-10-9-28(19-30(29)37)45-24(3)4)20-31-32(40-14-6-5-7-34(40)38-31)18-27-17-25(26-13-16-46-22-26)8-11-33(27)44-21-35(41)42/h5-11,13-14,16-17,19,22-24H,12,15,18,20-21H2,1-4H3,(H,41,42). The molecule has 240 valence electrons. The van der Waals surface area contributed by atoms with E-state index < -0.39 is 12.6 Å². The number of nitrogens with zero attached hydrogens (tertiary/aromatic N) is 3. The zero-order valence-electron chi connectivity index (χ0n) is 26.4. The summed E-state index contributed by atoms with van der Waals surface area (Å²) in [6, 6.07) is 18.8. The van der Waals surface area contributed by atoms with E-state index >= 15 is 0 Å². The number of hydrogen-bond donors (Lipinski definition) is 1. The van der Waals surface area contributed by atoms with Gasteiger partial charge in [-0.3, -0.25) is 4.79 Å². The number of carbonyl (C=O) groups is 2. The number of imidazole rings is 1. The largest absolute Gasteiger partial charge is 0.491 e. The number of pyridine rings is 1. The molecule has 10 heteroatoms. The van der Waals surface area contributed by atoms with Gasteiger partial charge in [-0.25, -0.2) is 9.78 Å². The van der Waals surface area contributed by atoms with Gasteiger partial charge < -0.3 is 23.9 Å². The number of hydrogen-bond acceptors (Lipinski definition) is 6. The molecule has 0 aliphatic rings. The Kier molecular flexibility index (Phi) is 10.7. The van der Waals surface area contributed by atoms with Crippen LogP contribution in [0.4, 0.5) is 0 Å². The number of fused-ring (bicyclic) bond motifs is 1. The number of halogens is 1. The van der Waals surface area contributed by atoms with Gasteiger partial charge in [0.1, 0.15) is 17.1 Å². The van der Waals surface area contributed by atoms with Gasteiger partial charge >= 0.3 is 5.97 Å². The first-order valence-corrected chi connectivity index (χ1v) is 16.6. The van der Waals surface area contributed by atoms with Crippen molar-refractivity contribution in [2.75, 3.05) is 13.2 Å². The van der Waals surface area contributed by atoms with E-state index in [-0.39, 0.29) is 18.6 Å². The van der Waals surface area contributed by atoms with Gasteiger partial charge in [0.25, 0.3) is 5.91 Å². The van der Waals surface area contributed by atoms with Gasteiger partial charge in [-0.05, 0) is 96.6 Å². The summed E-state index contributed by atoms with van der Waals surface area (Å²) in [4.78, 5) is 32.2. The highest BCUT2D eigenvalue weighted by atomic mass is 35.5. The van der Waals surface area contributed by atoms with Gasteiger partial charge in [0.15, 0.2) is 6.61 Å². The summed E-state index contributed by atoms with van der Waals surface area (Å²) in [5.74, 6) is 0.238. The molecule has 0 spiro atoms. The topological polar surface area (TPSA) is 93.4 Å². The van der Waals surface area contributed by atoms with Crippen molar-refractivity contribution < 1.29 is 24.2 Å². The van der Waals surface area contributed by atoms with Crippen molar-refractivity contribution >= 4 is 40.5 Å². The van der Waals surface area contributed by atoms with Crippen LogP contribution in [0.5, 0.6) is 11.5 Å². The highest BCUT2D eigenvalue weighted by Crippen LogP contribution is 2.32. The van der Waals surface area contributed by atoms with Crippen molar-refractivity contribution in [2.24, 2.45) is 5.92 Å². The van der Waals surface area contributed by atoms with Crippen LogP contribution in [0.3, 0.4) is 0 Å². The van der Waals surface area contributed by atoms with Crippen LogP contribution in [0, 0.1) is 5.92 Å². The van der Waals surface area contributed by atoms with Gasteiger partial charge in [-0.2, -0.15) is 11.3 Å². The Morgan fingerprint density at radius 3 is 2.57 bits per heavy atom. The SMILES string of the molecule is CC(C)CCN(Cc1nc2ccccn2c1Cc1cc(-c2ccsc2)ccc1OCC(=O)O)C(=O)c1ccc(OC(C)C)cc1Cl. The van der Waals surface area contributed by atoms with Gasteiger partial charge in [0, 0.05) is 24.7 Å². The molecule has 0 saturated heterocycles. The molecular weight excluding hydrogens is 622 g/mol. The van der Waals surface area contributed by atoms with E-state index in [4.69, 9.17) is 26.1 Å². The molecule has 0 aliphatic heterocycles. The van der Waals surface area contributed by atoms with Crippen LogP contribution in [0.1, 0.15) is 61.4 Å². The summed E-state index contributed by atoms with van der Waals surface area (Å²) in [6.45, 7) is 8.46. The summed E-state index contributed by atoms with van der Waals surface area (Å²) < 4.78 is 13.5. The van der Waals surface area contributed by atoms with Crippen molar-refractivity contribution in [3.05, 3.63) is 105 Å². The normalized spacial score (nSPS) is 11.4. The summed E-state index contributed by atoms with van der Waals surface area (Å²) in [5, 5.41) is 13.8. The maximum absolute atomic E-state index is 14.1. The van der Waals surface area contributed by atoms with Crippen LogP contribution in [0.2, 0.25) is 5.02 Å². The summed E-state index contributed by atoms with van der Waals surface area (Å²) in [6.07, 6.45) is 3.14. The third-order valence-corrected chi connectivity index (χ3v) is 8.48. The number of thiophene rings is 1. The van der Waals surface area contributed by atoms with Crippen molar-refractivity contribution in [3.63, 3.8) is 0 Å². The van der Waals surface area contributed by atoms with E-state index in [1.807, 2.05) is 72.3 Å². The van der Waals surface area contributed by atoms with E-state index in [0.717, 1.165) is 40.1 Å². The minimum atomic E-state index is -1.05. The summed E-state index contributed by atoms with van der Waals surface area (Å²) in [5.41, 5.74) is 5.67. The quantitative estimate of drug-likeness (QED) is 0.129. The zero-order valence-corrected chi connectivity index (χ0v) is 28.0. The van der Waals surface area contributed by atoms with Crippen molar-refractivity contribution in [3.8, 4) is 22.6 Å². The molecule has 0 atom stereocenters. The van der Waals surface area contributed by atoms with Crippen LogP contribution in [-0.4, -0.2) is 50.5 Å². The molecule has 0 fully saturated rings. The number of rotatable bonds is 14. The lowest BCUT2D eigenvalue weighted by Crippen LogP contribution is -2.33. The Balaban J connectivity index is 1.54. The molecule has 0 bridgehead atoms. The van der Waals surface area contributed by atoms with Crippen molar-refractivity contribution in [2.45, 2.75) is 53.2 Å². The average Bonchev–Trinajstić information content (AvgIpc) is 3.67. The van der Waals surface area contributed by atoms with Gasteiger partial charge in [-0.1, -0.05) is 37.6 Å². The lowest BCUT2D eigenvalue weighted by Gasteiger charge is -2.24. The molecule has 5 aromatic rings. The molecule has 0 radical (unpaired) electrons. The Labute approximate surface area is 278 Å². The number of benzene rings is 2. The van der Waals surface area contributed by atoms with Gasteiger partial charge in [-0.15, -0.1) is 0 Å². The monoisotopic (exact) mass is 659 g/mol. The fourth-order valence-electron chi connectivity index (χ4n) is 5.23. The highest BCUT2D eigenvalue weighted by Gasteiger charge is 2.24.